The summed E-state index contributed by atoms with van der Waals surface area (Å²) in [4.78, 5) is 0. The number of rotatable bonds is 3. The maximum Gasteiger partial charge on any atom is 0.206 e. The molecule has 0 unspecified atom stereocenters. The van der Waals surface area contributed by atoms with E-state index >= 15 is 0 Å². The lowest BCUT2D eigenvalue weighted by atomic mass is 10.5. The van der Waals surface area contributed by atoms with Gasteiger partial charge in [0.2, 0.25) is 5.13 Å². The van der Waals surface area contributed by atoms with Crippen LogP contribution in [0.15, 0.2) is 12.3 Å². The summed E-state index contributed by atoms with van der Waals surface area (Å²) in [5.41, 5.74) is 0.870. The Kier molecular flexibility index (Phi) is 2.45. The van der Waals surface area contributed by atoms with Gasteiger partial charge in [-0.2, -0.15) is 5.10 Å². The smallest absolute Gasteiger partial charge is 0.206 e. The minimum atomic E-state index is 0.841. The van der Waals surface area contributed by atoms with E-state index in [0.29, 0.717) is 0 Å². The second-order valence-electron chi connectivity index (χ2n) is 2.82. The normalized spacial score (nSPS) is 10.4. The maximum absolute atomic E-state index is 4.25. The number of aromatic nitrogens is 4. The summed E-state index contributed by atoms with van der Waals surface area (Å²) in [6.45, 7) is 2.89. The first-order valence-electron chi connectivity index (χ1n) is 4.37. The number of aryl methyl sites for hydroxylation is 1. The first-order valence-corrected chi connectivity index (χ1v) is 5.18. The van der Waals surface area contributed by atoms with Crippen molar-refractivity contribution in [3.05, 3.63) is 12.3 Å². The number of nitrogens with zero attached hydrogens (tertiary/aromatic N) is 4. The predicted molar refractivity (Wildman–Crippen MR) is 56.3 cm³/mol. The van der Waals surface area contributed by atoms with Gasteiger partial charge in [0, 0.05) is 19.8 Å². The lowest BCUT2D eigenvalue weighted by molar-refractivity contribution is 0.770. The summed E-state index contributed by atoms with van der Waals surface area (Å²) in [6.07, 6.45) is 1.89. The molecule has 0 aliphatic carbocycles. The summed E-state index contributed by atoms with van der Waals surface area (Å²) in [5, 5.41) is 17.1. The Morgan fingerprint density at radius 1 is 1.50 bits per heavy atom. The quantitative estimate of drug-likeness (QED) is 0.829. The Bertz CT molecular complexity index is 419. The summed E-state index contributed by atoms with van der Waals surface area (Å²) < 4.78 is 1.75. The Morgan fingerprint density at radius 2 is 2.36 bits per heavy atom. The Hall–Kier alpha value is -1.43. The number of nitrogens with one attached hydrogen (secondary N) is 1. The largest absolute Gasteiger partial charge is 0.360 e. The topological polar surface area (TPSA) is 55.6 Å². The molecule has 0 spiro atoms. The molecule has 14 heavy (non-hydrogen) atoms. The molecule has 0 aromatic carbocycles. The molecular weight excluding hydrogens is 198 g/mol. The van der Waals surface area contributed by atoms with Crippen LogP contribution in [0.2, 0.25) is 0 Å². The molecule has 0 saturated carbocycles. The molecule has 2 rings (SSSR count). The molecular formula is C8H11N5S. The van der Waals surface area contributed by atoms with Crippen molar-refractivity contribution in [1.82, 2.24) is 20.0 Å². The molecule has 0 aliphatic heterocycles. The van der Waals surface area contributed by atoms with Gasteiger partial charge in [-0.3, -0.25) is 4.68 Å². The molecule has 5 nitrogen and oxygen atoms in total. The highest BCUT2D eigenvalue weighted by molar-refractivity contribution is 7.18. The number of hydrogen-bond acceptors (Lipinski definition) is 5. The predicted octanol–water partition coefficient (Wildman–Crippen LogP) is 1.37. The Labute approximate surface area is 85.8 Å². The van der Waals surface area contributed by atoms with Crippen molar-refractivity contribution in [3.63, 3.8) is 0 Å². The minimum Gasteiger partial charge on any atom is -0.360 e. The van der Waals surface area contributed by atoms with Crippen molar-refractivity contribution in [3.8, 4) is 10.7 Å². The molecule has 1 N–H and O–H groups in total. The van der Waals surface area contributed by atoms with Crippen molar-refractivity contribution in [1.29, 1.82) is 0 Å². The average Bonchev–Trinajstić information content (AvgIpc) is 2.74. The van der Waals surface area contributed by atoms with Crippen molar-refractivity contribution in [2.75, 3.05) is 11.9 Å². The second-order valence-corrected chi connectivity index (χ2v) is 3.79. The van der Waals surface area contributed by atoms with Crippen LogP contribution in [0.1, 0.15) is 6.92 Å². The van der Waals surface area contributed by atoms with Gasteiger partial charge in [0.25, 0.3) is 0 Å². The van der Waals surface area contributed by atoms with Crippen LogP contribution >= 0.6 is 11.3 Å². The zero-order chi connectivity index (χ0) is 9.97. The molecule has 2 aromatic rings. The van der Waals surface area contributed by atoms with Gasteiger partial charge in [0.15, 0.2) is 5.01 Å². The molecule has 2 heterocycles. The SMILES string of the molecule is CCNc1nnc(-c2ccn(C)n2)s1. The van der Waals surface area contributed by atoms with Crippen LogP contribution in [0.3, 0.4) is 0 Å². The monoisotopic (exact) mass is 209 g/mol. The third-order valence-electron chi connectivity index (χ3n) is 1.69. The first kappa shape index (κ1) is 9.14. The minimum absolute atomic E-state index is 0.841. The molecule has 0 radical (unpaired) electrons. The van der Waals surface area contributed by atoms with Gasteiger partial charge in [0.05, 0.1) is 0 Å². The fourth-order valence-electron chi connectivity index (χ4n) is 1.08. The van der Waals surface area contributed by atoms with E-state index in [1.807, 2.05) is 26.2 Å². The number of hydrogen-bond donors (Lipinski definition) is 1. The van der Waals surface area contributed by atoms with Gasteiger partial charge in [-0.1, -0.05) is 11.3 Å². The molecule has 0 saturated heterocycles. The van der Waals surface area contributed by atoms with E-state index in [1.165, 1.54) is 11.3 Å². The van der Waals surface area contributed by atoms with E-state index in [1.54, 1.807) is 4.68 Å². The standard InChI is InChI=1S/C8H11N5S/c1-3-9-8-11-10-7(14-8)6-4-5-13(2)12-6/h4-5H,3H2,1-2H3,(H,9,11). The highest BCUT2D eigenvalue weighted by Crippen LogP contribution is 2.24. The van der Waals surface area contributed by atoms with Crippen molar-refractivity contribution in [2.45, 2.75) is 6.92 Å². The summed E-state index contributed by atoms with van der Waals surface area (Å²) in [7, 11) is 1.88. The molecule has 2 aromatic heterocycles. The van der Waals surface area contributed by atoms with Gasteiger partial charge in [0.1, 0.15) is 5.69 Å². The van der Waals surface area contributed by atoms with E-state index in [9.17, 15) is 0 Å². The molecule has 6 heteroatoms. The van der Waals surface area contributed by atoms with Crippen LogP contribution in [-0.2, 0) is 7.05 Å². The Morgan fingerprint density at radius 3 is 3.00 bits per heavy atom. The zero-order valence-electron chi connectivity index (χ0n) is 8.06. The van der Waals surface area contributed by atoms with Crippen LogP contribution in [0, 0.1) is 0 Å². The van der Waals surface area contributed by atoms with Gasteiger partial charge in [-0.15, -0.1) is 10.2 Å². The Balaban J connectivity index is 2.24. The third-order valence-corrected chi connectivity index (χ3v) is 2.59. The van der Waals surface area contributed by atoms with E-state index in [-0.39, 0.29) is 0 Å². The van der Waals surface area contributed by atoms with Gasteiger partial charge in [-0.25, -0.2) is 0 Å². The molecule has 0 fully saturated rings. The van der Waals surface area contributed by atoms with Crippen LogP contribution in [0.4, 0.5) is 5.13 Å². The number of anilines is 1. The lowest BCUT2D eigenvalue weighted by Gasteiger charge is -1.91. The van der Waals surface area contributed by atoms with E-state index < -0.39 is 0 Å². The van der Waals surface area contributed by atoms with Crippen molar-refractivity contribution >= 4 is 16.5 Å². The highest BCUT2D eigenvalue weighted by Gasteiger charge is 2.07. The van der Waals surface area contributed by atoms with Crippen LogP contribution in [0.5, 0.6) is 0 Å². The van der Waals surface area contributed by atoms with Crippen molar-refractivity contribution in [2.24, 2.45) is 7.05 Å². The van der Waals surface area contributed by atoms with E-state index in [2.05, 4.69) is 20.6 Å². The summed E-state index contributed by atoms with van der Waals surface area (Å²) >= 11 is 1.51. The lowest BCUT2D eigenvalue weighted by Crippen LogP contribution is -1.94. The molecule has 0 amide bonds. The van der Waals surface area contributed by atoms with Gasteiger partial charge in [-0.05, 0) is 13.0 Å². The van der Waals surface area contributed by atoms with E-state index in [0.717, 1.165) is 22.4 Å². The van der Waals surface area contributed by atoms with Crippen LogP contribution < -0.4 is 5.32 Å². The van der Waals surface area contributed by atoms with Crippen molar-refractivity contribution < 1.29 is 0 Å². The average molecular weight is 209 g/mol. The highest BCUT2D eigenvalue weighted by atomic mass is 32.1. The van der Waals surface area contributed by atoms with Crippen LogP contribution in [-0.4, -0.2) is 26.5 Å². The third kappa shape index (κ3) is 1.74. The fraction of sp³-hybridized carbons (Fsp3) is 0.375. The molecule has 0 aliphatic rings. The molecule has 0 atom stereocenters. The fourth-order valence-corrected chi connectivity index (χ4v) is 1.85. The zero-order valence-corrected chi connectivity index (χ0v) is 8.88. The summed E-state index contributed by atoms with van der Waals surface area (Å²) in [6, 6.07) is 1.93. The van der Waals surface area contributed by atoms with Gasteiger partial charge >= 0.3 is 0 Å². The molecule has 0 bridgehead atoms. The van der Waals surface area contributed by atoms with E-state index in [4.69, 9.17) is 0 Å². The second kappa shape index (κ2) is 3.75. The summed E-state index contributed by atoms with van der Waals surface area (Å²) in [5.74, 6) is 0. The molecule has 74 valence electrons. The maximum atomic E-state index is 4.25. The first-order chi connectivity index (χ1) is 6.79. The van der Waals surface area contributed by atoms with Gasteiger partial charge < -0.3 is 5.32 Å². The van der Waals surface area contributed by atoms with Crippen LogP contribution in [0.25, 0.3) is 10.7 Å².